The van der Waals surface area contributed by atoms with Gasteiger partial charge < -0.3 is 4.90 Å². The Labute approximate surface area is 136 Å². The molecule has 4 heteroatoms. The van der Waals surface area contributed by atoms with E-state index in [2.05, 4.69) is 40.2 Å². The first-order valence-corrected chi connectivity index (χ1v) is 8.52. The molecule has 1 aliphatic carbocycles. The molecule has 0 radical (unpaired) electrons. The van der Waals surface area contributed by atoms with Gasteiger partial charge in [0.1, 0.15) is 16.8 Å². The summed E-state index contributed by atoms with van der Waals surface area (Å²) in [6.07, 6.45) is 5.91. The molecule has 0 bridgehead atoms. The summed E-state index contributed by atoms with van der Waals surface area (Å²) < 4.78 is 0. The molecule has 0 amide bonds. The Hall–Kier alpha value is -1.61. The lowest BCUT2D eigenvalue weighted by molar-refractivity contribution is 0.655. The number of hydrogen-bond donors (Lipinski definition) is 0. The van der Waals surface area contributed by atoms with Crippen molar-refractivity contribution in [3.8, 4) is 0 Å². The first kappa shape index (κ1) is 14.0. The smallest absolute Gasteiger partial charge is 0.135 e. The van der Waals surface area contributed by atoms with Crippen molar-refractivity contribution in [2.24, 2.45) is 0 Å². The lowest BCUT2D eigenvalue weighted by Crippen LogP contribution is -2.32. The summed E-state index contributed by atoms with van der Waals surface area (Å²) in [5.41, 5.74) is 1.39. The van der Waals surface area contributed by atoms with E-state index in [0.717, 1.165) is 24.6 Å². The summed E-state index contributed by atoms with van der Waals surface area (Å²) >= 11 is 6.23. The molecule has 1 aromatic heterocycles. The van der Waals surface area contributed by atoms with Crippen LogP contribution in [0.5, 0.6) is 0 Å². The van der Waals surface area contributed by atoms with Crippen LogP contribution in [0.15, 0.2) is 36.4 Å². The van der Waals surface area contributed by atoms with Crippen LogP contribution in [0.25, 0.3) is 0 Å². The molecule has 0 spiro atoms. The minimum atomic E-state index is 0.514. The highest BCUT2D eigenvalue weighted by Crippen LogP contribution is 2.39. The van der Waals surface area contributed by atoms with Gasteiger partial charge in [0.25, 0.3) is 0 Å². The summed E-state index contributed by atoms with van der Waals surface area (Å²) in [7, 11) is 0. The summed E-state index contributed by atoms with van der Waals surface area (Å²) in [5, 5.41) is 0.581. The van der Waals surface area contributed by atoms with Gasteiger partial charge in [-0.1, -0.05) is 41.9 Å². The van der Waals surface area contributed by atoms with Crippen molar-refractivity contribution in [2.75, 3.05) is 11.4 Å². The zero-order valence-corrected chi connectivity index (χ0v) is 13.3. The average Bonchev–Trinajstić information content (AvgIpc) is 3.28. The molecule has 1 atom stereocenters. The number of benzene rings is 1. The molecular weight excluding hydrogens is 294 g/mol. The van der Waals surface area contributed by atoms with Crippen LogP contribution in [0.3, 0.4) is 0 Å². The van der Waals surface area contributed by atoms with Gasteiger partial charge >= 0.3 is 0 Å². The molecule has 2 heterocycles. The van der Waals surface area contributed by atoms with Crippen LogP contribution >= 0.6 is 11.6 Å². The van der Waals surface area contributed by atoms with E-state index >= 15 is 0 Å². The van der Waals surface area contributed by atoms with Gasteiger partial charge in [0.15, 0.2) is 0 Å². The Morgan fingerprint density at radius 2 is 1.91 bits per heavy atom. The third kappa shape index (κ3) is 2.95. The van der Waals surface area contributed by atoms with Crippen molar-refractivity contribution in [2.45, 2.75) is 44.1 Å². The van der Waals surface area contributed by atoms with Crippen molar-refractivity contribution in [1.82, 2.24) is 9.97 Å². The van der Waals surface area contributed by atoms with Crippen molar-refractivity contribution in [3.63, 3.8) is 0 Å². The first-order valence-electron chi connectivity index (χ1n) is 8.14. The SMILES string of the molecule is Clc1cc(N2CCCC2Cc2ccccc2)nc(C2CC2)n1. The largest absolute Gasteiger partial charge is 0.353 e. The first-order chi connectivity index (χ1) is 10.8. The van der Waals surface area contributed by atoms with Crippen molar-refractivity contribution < 1.29 is 0 Å². The van der Waals surface area contributed by atoms with E-state index in [0.29, 0.717) is 17.1 Å². The highest BCUT2D eigenvalue weighted by atomic mass is 35.5. The fourth-order valence-corrected chi connectivity index (χ4v) is 3.51. The number of rotatable bonds is 4. The second-order valence-electron chi connectivity index (χ2n) is 6.36. The lowest BCUT2D eigenvalue weighted by atomic mass is 10.0. The van der Waals surface area contributed by atoms with Gasteiger partial charge in [0.2, 0.25) is 0 Å². The maximum atomic E-state index is 6.23. The number of aromatic nitrogens is 2. The van der Waals surface area contributed by atoms with Gasteiger partial charge in [0.05, 0.1) is 0 Å². The van der Waals surface area contributed by atoms with Gasteiger partial charge in [-0.15, -0.1) is 0 Å². The van der Waals surface area contributed by atoms with Crippen molar-refractivity contribution in [3.05, 3.63) is 52.9 Å². The topological polar surface area (TPSA) is 29.0 Å². The minimum Gasteiger partial charge on any atom is -0.353 e. The van der Waals surface area contributed by atoms with Gasteiger partial charge in [-0.2, -0.15) is 0 Å². The quantitative estimate of drug-likeness (QED) is 0.791. The monoisotopic (exact) mass is 313 g/mol. The standard InChI is InChI=1S/C18H20ClN3/c19-16-12-17(21-18(20-16)14-8-9-14)22-10-4-7-15(22)11-13-5-2-1-3-6-13/h1-3,5-6,12,14-15H,4,7-11H2. The molecule has 1 unspecified atom stereocenters. The molecule has 22 heavy (non-hydrogen) atoms. The van der Waals surface area contributed by atoms with Crippen molar-refractivity contribution >= 4 is 17.4 Å². The Kier molecular flexibility index (Phi) is 3.75. The molecule has 1 saturated heterocycles. The third-order valence-corrected chi connectivity index (χ3v) is 4.82. The lowest BCUT2D eigenvalue weighted by Gasteiger charge is -2.26. The van der Waals surface area contributed by atoms with Crippen molar-refractivity contribution in [1.29, 1.82) is 0 Å². The summed E-state index contributed by atoms with van der Waals surface area (Å²) in [5.74, 6) is 2.49. The number of anilines is 1. The van der Waals surface area contributed by atoms with Crippen LogP contribution in [-0.2, 0) is 6.42 Å². The van der Waals surface area contributed by atoms with E-state index in [4.69, 9.17) is 16.6 Å². The molecule has 2 fully saturated rings. The van der Waals surface area contributed by atoms with E-state index in [1.807, 2.05) is 6.07 Å². The predicted octanol–water partition coefficient (Wildman–Crippen LogP) is 4.22. The number of nitrogens with zero attached hydrogens (tertiary/aromatic N) is 3. The normalized spacial score (nSPS) is 21.3. The van der Waals surface area contributed by atoms with Crippen LogP contribution in [0.1, 0.15) is 43.0 Å². The number of halogens is 1. The molecule has 2 aromatic rings. The minimum absolute atomic E-state index is 0.514. The average molecular weight is 314 g/mol. The molecule has 3 nitrogen and oxygen atoms in total. The van der Waals surface area contributed by atoms with Crippen LogP contribution in [0.2, 0.25) is 5.15 Å². The number of hydrogen-bond acceptors (Lipinski definition) is 3. The third-order valence-electron chi connectivity index (χ3n) is 4.63. The molecule has 114 valence electrons. The van der Waals surface area contributed by atoms with E-state index in [9.17, 15) is 0 Å². The zero-order chi connectivity index (χ0) is 14.9. The molecule has 1 saturated carbocycles. The van der Waals surface area contributed by atoms with Crippen LogP contribution in [0.4, 0.5) is 5.82 Å². The maximum absolute atomic E-state index is 6.23. The Morgan fingerprint density at radius 1 is 1.09 bits per heavy atom. The highest BCUT2D eigenvalue weighted by molar-refractivity contribution is 6.29. The second-order valence-corrected chi connectivity index (χ2v) is 6.75. The Balaban J connectivity index is 1.58. The fraction of sp³-hybridized carbons (Fsp3) is 0.444. The van der Waals surface area contributed by atoms with Gasteiger partial charge in [0, 0.05) is 24.6 Å². The Bertz CT molecular complexity index is 655. The van der Waals surface area contributed by atoms with E-state index in [1.165, 1.54) is 31.2 Å². The maximum Gasteiger partial charge on any atom is 0.135 e. The molecule has 0 N–H and O–H groups in total. The van der Waals surface area contributed by atoms with Crippen LogP contribution < -0.4 is 4.90 Å². The fourth-order valence-electron chi connectivity index (χ4n) is 3.33. The van der Waals surface area contributed by atoms with E-state index in [1.54, 1.807) is 0 Å². The van der Waals surface area contributed by atoms with Gasteiger partial charge in [-0.05, 0) is 37.7 Å². The molecule has 1 aromatic carbocycles. The van der Waals surface area contributed by atoms with Crippen LogP contribution in [-0.4, -0.2) is 22.6 Å². The zero-order valence-electron chi connectivity index (χ0n) is 12.6. The van der Waals surface area contributed by atoms with Crippen LogP contribution in [0, 0.1) is 0 Å². The van der Waals surface area contributed by atoms with E-state index in [-0.39, 0.29) is 0 Å². The molecular formula is C18H20ClN3. The summed E-state index contributed by atoms with van der Waals surface area (Å²) in [4.78, 5) is 11.6. The van der Waals surface area contributed by atoms with E-state index < -0.39 is 0 Å². The molecule has 2 aliphatic rings. The second kappa shape index (κ2) is 5.88. The summed E-state index contributed by atoms with van der Waals surface area (Å²) in [6, 6.07) is 13.2. The van der Waals surface area contributed by atoms with Gasteiger partial charge in [-0.25, -0.2) is 9.97 Å². The predicted molar refractivity (Wildman–Crippen MR) is 89.5 cm³/mol. The summed E-state index contributed by atoms with van der Waals surface area (Å²) in [6.45, 7) is 1.06. The Morgan fingerprint density at radius 3 is 2.68 bits per heavy atom. The van der Waals surface area contributed by atoms with Gasteiger partial charge in [-0.3, -0.25) is 0 Å². The molecule has 4 rings (SSSR count). The highest BCUT2D eigenvalue weighted by Gasteiger charge is 2.30. The molecule has 1 aliphatic heterocycles.